The van der Waals surface area contributed by atoms with E-state index in [1.165, 1.54) is 12.0 Å². The van der Waals surface area contributed by atoms with E-state index in [0.717, 1.165) is 36.0 Å². The first kappa shape index (κ1) is 18.1. The molecule has 1 heterocycles. The molecule has 0 spiro atoms. The molecule has 2 amide bonds. The summed E-state index contributed by atoms with van der Waals surface area (Å²) < 4.78 is 11.6. The average molecular weight is 378 g/mol. The molecular weight excluding hydrogens is 356 g/mol. The fourth-order valence-electron chi connectivity index (χ4n) is 3.56. The second kappa shape index (κ2) is 7.76. The molecule has 1 aromatic heterocycles. The molecule has 28 heavy (non-hydrogen) atoms. The van der Waals surface area contributed by atoms with Crippen molar-refractivity contribution in [3.63, 3.8) is 0 Å². The van der Waals surface area contributed by atoms with Crippen molar-refractivity contribution >= 4 is 28.5 Å². The van der Waals surface area contributed by atoms with Gasteiger partial charge in [-0.25, -0.2) is 0 Å². The molecule has 3 aromatic rings. The second-order valence-electron chi connectivity index (χ2n) is 6.87. The maximum absolute atomic E-state index is 12.2. The highest BCUT2D eigenvalue weighted by molar-refractivity contribution is 5.97. The lowest BCUT2D eigenvalue weighted by Crippen LogP contribution is -2.21. The Kier molecular flexibility index (Phi) is 5.02. The third-order valence-electron chi connectivity index (χ3n) is 4.93. The molecule has 144 valence electrons. The first-order valence-electron chi connectivity index (χ1n) is 9.43. The summed E-state index contributed by atoms with van der Waals surface area (Å²) >= 11 is 0. The number of ether oxygens (including phenoxy) is 1. The Labute approximate surface area is 162 Å². The molecule has 2 N–H and O–H groups in total. The van der Waals surface area contributed by atoms with Crippen LogP contribution in [0.1, 0.15) is 34.5 Å². The highest BCUT2D eigenvalue weighted by Gasteiger charge is 2.18. The summed E-state index contributed by atoms with van der Waals surface area (Å²) in [6.45, 7) is -0.115. The third kappa shape index (κ3) is 3.71. The van der Waals surface area contributed by atoms with E-state index >= 15 is 0 Å². The van der Waals surface area contributed by atoms with E-state index in [2.05, 4.69) is 10.6 Å². The van der Waals surface area contributed by atoms with E-state index < -0.39 is 0 Å². The molecular formula is C22H22N2O4. The Morgan fingerprint density at radius 1 is 1.11 bits per heavy atom. The quantitative estimate of drug-likeness (QED) is 0.710. The molecule has 2 aromatic carbocycles. The van der Waals surface area contributed by atoms with Crippen LogP contribution in [0.2, 0.25) is 0 Å². The average Bonchev–Trinajstić information content (AvgIpc) is 3.10. The van der Waals surface area contributed by atoms with Crippen LogP contribution >= 0.6 is 0 Å². The molecule has 0 atom stereocenters. The molecule has 4 rings (SSSR count). The molecule has 0 radical (unpaired) electrons. The highest BCUT2D eigenvalue weighted by atomic mass is 16.5. The summed E-state index contributed by atoms with van der Waals surface area (Å²) in [6.07, 6.45) is 4.34. The summed E-state index contributed by atoms with van der Waals surface area (Å²) in [6, 6.07) is 12.4. The van der Waals surface area contributed by atoms with Crippen LogP contribution in [-0.2, 0) is 17.6 Å². The van der Waals surface area contributed by atoms with Gasteiger partial charge in [-0.1, -0.05) is 6.07 Å². The van der Waals surface area contributed by atoms with Crippen LogP contribution < -0.4 is 15.4 Å². The Morgan fingerprint density at radius 2 is 1.96 bits per heavy atom. The van der Waals surface area contributed by atoms with Crippen LogP contribution in [-0.4, -0.2) is 25.5 Å². The lowest BCUT2D eigenvalue weighted by molar-refractivity contribution is -0.118. The number of carbonyl (C=O) groups excluding carboxylic acids is 2. The maximum Gasteiger partial charge on any atom is 0.262 e. The van der Waals surface area contributed by atoms with Gasteiger partial charge < -0.3 is 19.8 Å². The van der Waals surface area contributed by atoms with Crippen LogP contribution in [0, 0.1) is 0 Å². The number of hydrogen-bond acceptors (Lipinski definition) is 4. The SMILES string of the molecule is CNC(=O)c1cccc(NC(=O)COc2ccc3oc4c(c3c2)CCCC4)c1. The van der Waals surface area contributed by atoms with Gasteiger partial charge in [-0.2, -0.15) is 0 Å². The molecule has 0 unspecified atom stereocenters. The van der Waals surface area contributed by atoms with Gasteiger partial charge in [0.1, 0.15) is 17.1 Å². The number of rotatable bonds is 5. The molecule has 1 aliphatic carbocycles. The van der Waals surface area contributed by atoms with Crippen molar-refractivity contribution in [2.75, 3.05) is 19.0 Å². The zero-order valence-electron chi connectivity index (χ0n) is 15.7. The number of nitrogens with one attached hydrogen (secondary N) is 2. The Hall–Kier alpha value is -3.28. The first-order chi connectivity index (χ1) is 13.6. The predicted molar refractivity (Wildman–Crippen MR) is 107 cm³/mol. The zero-order valence-corrected chi connectivity index (χ0v) is 15.7. The van der Waals surface area contributed by atoms with Crippen molar-refractivity contribution in [3.05, 3.63) is 59.4 Å². The van der Waals surface area contributed by atoms with Gasteiger partial charge in [0.15, 0.2) is 6.61 Å². The number of benzene rings is 2. The number of amides is 2. The van der Waals surface area contributed by atoms with Gasteiger partial charge in [-0.3, -0.25) is 9.59 Å². The van der Waals surface area contributed by atoms with Gasteiger partial charge in [0.05, 0.1) is 0 Å². The van der Waals surface area contributed by atoms with E-state index in [4.69, 9.17) is 9.15 Å². The van der Waals surface area contributed by atoms with Gasteiger partial charge in [0.2, 0.25) is 0 Å². The molecule has 1 aliphatic rings. The van der Waals surface area contributed by atoms with Crippen LogP contribution in [0.3, 0.4) is 0 Å². The minimum atomic E-state index is -0.289. The molecule has 0 aliphatic heterocycles. The normalized spacial score (nSPS) is 13.0. The molecule has 0 saturated carbocycles. The second-order valence-corrected chi connectivity index (χ2v) is 6.87. The molecule has 0 fully saturated rings. The molecule has 0 bridgehead atoms. The fourth-order valence-corrected chi connectivity index (χ4v) is 3.56. The summed E-state index contributed by atoms with van der Waals surface area (Å²) in [5, 5.41) is 6.38. The maximum atomic E-state index is 12.2. The van der Waals surface area contributed by atoms with Gasteiger partial charge in [-0.15, -0.1) is 0 Å². The van der Waals surface area contributed by atoms with Crippen molar-refractivity contribution in [2.24, 2.45) is 0 Å². The van der Waals surface area contributed by atoms with Crippen LogP contribution in [0.15, 0.2) is 46.9 Å². The standard InChI is InChI=1S/C22H22N2O4/c1-23-22(26)14-5-4-6-15(11-14)24-21(25)13-27-16-9-10-20-18(12-16)17-7-2-3-8-19(17)28-20/h4-6,9-12H,2-3,7-8,13H2,1H3,(H,23,26)(H,24,25). The van der Waals surface area contributed by atoms with Crippen LogP contribution in [0.5, 0.6) is 5.75 Å². The zero-order chi connectivity index (χ0) is 19.5. The minimum Gasteiger partial charge on any atom is -0.484 e. The van der Waals surface area contributed by atoms with Gasteiger partial charge in [-0.05, 0) is 55.7 Å². The van der Waals surface area contributed by atoms with E-state index in [0.29, 0.717) is 17.0 Å². The topological polar surface area (TPSA) is 80.6 Å². The fraction of sp³-hybridized carbons (Fsp3) is 0.273. The van der Waals surface area contributed by atoms with Crippen molar-refractivity contribution in [1.82, 2.24) is 5.32 Å². The summed E-state index contributed by atoms with van der Waals surface area (Å²) in [5.41, 5.74) is 3.17. The molecule has 6 heteroatoms. The van der Waals surface area contributed by atoms with Crippen molar-refractivity contribution < 1.29 is 18.7 Å². The van der Waals surface area contributed by atoms with Gasteiger partial charge in [0, 0.05) is 35.7 Å². The summed E-state index contributed by atoms with van der Waals surface area (Å²) in [7, 11) is 1.56. The van der Waals surface area contributed by atoms with E-state index in [9.17, 15) is 9.59 Å². The lowest BCUT2D eigenvalue weighted by Gasteiger charge is -2.10. The van der Waals surface area contributed by atoms with Gasteiger partial charge in [0.25, 0.3) is 11.8 Å². The van der Waals surface area contributed by atoms with Crippen molar-refractivity contribution in [2.45, 2.75) is 25.7 Å². The summed E-state index contributed by atoms with van der Waals surface area (Å²) in [5.74, 6) is 1.22. The minimum absolute atomic E-state index is 0.115. The first-order valence-corrected chi connectivity index (χ1v) is 9.43. The van der Waals surface area contributed by atoms with Crippen LogP contribution in [0.25, 0.3) is 11.0 Å². The van der Waals surface area contributed by atoms with Crippen LogP contribution in [0.4, 0.5) is 5.69 Å². The predicted octanol–water partition coefficient (Wildman–Crippen LogP) is 3.69. The van der Waals surface area contributed by atoms with E-state index in [1.54, 1.807) is 31.3 Å². The third-order valence-corrected chi connectivity index (χ3v) is 4.93. The summed E-state index contributed by atoms with van der Waals surface area (Å²) in [4.78, 5) is 23.9. The Bertz CT molecular complexity index is 1040. The van der Waals surface area contributed by atoms with E-state index in [1.807, 2.05) is 18.2 Å². The number of furan rings is 1. The Balaban J connectivity index is 1.41. The Morgan fingerprint density at radius 3 is 2.82 bits per heavy atom. The van der Waals surface area contributed by atoms with E-state index in [-0.39, 0.29) is 18.4 Å². The molecule has 0 saturated heterocycles. The highest BCUT2D eigenvalue weighted by Crippen LogP contribution is 2.33. The monoisotopic (exact) mass is 378 g/mol. The lowest BCUT2D eigenvalue weighted by atomic mass is 9.96. The number of hydrogen-bond donors (Lipinski definition) is 2. The number of aryl methyl sites for hydroxylation is 2. The smallest absolute Gasteiger partial charge is 0.262 e. The number of fused-ring (bicyclic) bond motifs is 3. The molecule has 6 nitrogen and oxygen atoms in total. The van der Waals surface area contributed by atoms with Gasteiger partial charge >= 0.3 is 0 Å². The van der Waals surface area contributed by atoms with Crippen molar-refractivity contribution in [1.29, 1.82) is 0 Å². The largest absolute Gasteiger partial charge is 0.484 e. The van der Waals surface area contributed by atoms with Crippen molar-refractivity contribution in [3.8, 4) is 5.75 Å². The number of anilines is 1. The number of carbonyl (C=O) groups is 2.